The summed E-state index contributed by atoms with van der Waals surface area (Å²) >= 11 is 0. The molecule has 0 amide bonds. The number of anilines is 2. The molecule has 0 fully saturated rings. The third-order valence-corrected chi connectivity index (χ3v) is 3.29. The molecule has 0 spiro atoms. The smallest absolute Gasteiger partial charge is 0.224 e. The van der Waals surface area contributed by atoms with Gasteiger partial charge in [-0.1, -0.05) is 12.1 Å². The van der Waals surface area contributed by atoms with Crippen molar-refractivity contribution in [3.05, 3.63) is 24.3 Å². The molecule has 18 heavy (non-hydrogen) atoms. The van der Waals surface area contributed by atoms with Crippen LogP contribution in [0.4, 0.5) is 11.8 Å². The van der Waals surface area contributed by atoms with Crippen molar-refractivity contribution in [3.63, 3.8) is 0 Å². The highest BCUT2D eigenvalue weighted by Gasteiger charge is 2.06. The lowest BCUT2D eigenvalue weighted by Gasteiger charge is -2.09. The summed E-state index contributed by atoms with van der Waals surface area (Å²) in [4.78, 5) is 8.76. The van der Waals surface area contributed by atoms with Crippen molar-refractivity contribution in [2.24, 2.45) is 0 Å². The largest absolute Gasteiger partial charge is 0.368 e. The van der Waals surface area contributed by atoms with Gasteiger partial charge in [0.15, 0.2) is 0 Å². The van der Waals surface area contributed by atoms with Gasteiger partial charge < -0.3 is 10.6 Å². The second-order valence-corrected chi connectivity index (χ2v) is 5.42. The van der Waals surface area contributed by atoms with E-state index in [1.165, 1.54) is 0 Å². The lowest BCUT2D eigenvalue weighted by Crippen LogP contribution is -2.12. The Morgan fingerprint density at radius 2 is 2.06 bits per heavy atom. The van der Waals surface area contributed by atoms with Crippen LogP contribution in [0.5, 0.6) is 0 Å². The van der Waals surface area contributed by atoms with E-state index in [9.17, 15) is 4.21 Å². The zero-order valence-corrected chi connectivity index (χ0v) is 11.3. The number of aromatic nitrogens is 2. The molecule has 0 saturated carbocycles. The first-order valence-electron chi connectivity index (χ1n) is 5.69. The number of para-hydroxylation sites is 1. The van der Waals surface area contributed by atoms with Crippen molar-refractivity contribution in [2.45, 2.75) is 0 Å². The van der Waals surface area contributed by atoms with Crippen LogP contribution in [0, 0.1) is 0 Å². The van der Waals surface area contributed by atoms with E-state index in [0.29, 0.717) is 18.2 Å². The molecule has 6 heteroatoms. The van der Waals surface area contributed by atoms with E-state index in [4.69, 9.17) is 0 Å². The van der Waals surface area contributed by atoms with Crippen LogP contribution < -0.4 is 10.6 Å². The van der Waals surface area contributed by atoms with Gasteiger partial charge in [0.2, 0.25) is 5.95 Å². The van der Waals surface area contributed by atoms with Gasteiger partial charge in [-0.15, -0.1) is 0 Å². The van der Waals surface area contributed by atoms with Crippen LogP contribution in [0.25, 0.3) is 10.9 Å². The molecule has 1 aromatic carbocycles. The standard InChI is InChI=1S/C12H16N4OS/c1-13-12-15-10-6-4-3-5-9(10)11(16-12)14-7-8-18(2)17/h3-6H,7-8H2,1-2H3,(H2,13,14,15,16). The van der Waals surface area contributed by atoms with E-state index in [2.05, 4.69) is 20.6 Å². The molecule has 1 unspecified atom stereocenters. The molecule has 2 N–H and O–H groups in total. The zero-order valence-electron chi connectivity index (χ0n) is 10.4. The van der Waals surface area contributed by atoms with Gasteiger partial charge in [0.25, 0.3) is 0 Å². The topological polar surface area (TPSA) is 66.9 Å². The second kappa shape index (κ2) is 5.77. The minimum Gasteiger partial charge on any atom is -0.368 e. The summed E-state index contributed by atoms with van der Waals surface area (Å²) in [6.07, 6.45) is 1.69. The van der Waals surface area contributed by atoms with Crippen LogP contribution in [-0.2, 0) is 10.8 Å². The van der Waals surface area contributed by atoms with Crippen molar-refractivity contribution in [1.82, 2.24) is 9.97 Å². The Bertz CT molecular complexity index is 573. The Morgan fingerprint density at radius 3 is 2.78 bits per heavy atom. The summed E-state index contributed by atoms with van der Waals surface area (Å²) in [6.45, 7) is 0.632. The van der Waals surface area contributed by atoms with Crippen LogP contribution in [-0.4, -0.2) is 39.8 Å². The SMILES string of the molecule is CNc1nc(NCCS(C)=O)c2ccccc2n1. The van der Waals surface area contributed by atoms with E-state index < -0.39 is 10.8 Å². The fourth-order valence-electron chi connectivity index (χ4n) is 1.64. The molecule has 0 bridgehead atoms. The zero-order chi connectivity index (χ0) is 13.0. The molecule has 0 radical (unpaired) electrons. The van der Waals surface area contributed by atoms with Crippen molar-refractivity contribution in [1.29, 1.82) is 0 Å². The molecule has 1 heterocycles. The molecular formula is C12H16N4OS. The highest BCUT2D eigenvalue weighted by molar-refractivity contribution is 7.84. The van der Waals surface area contributed by atoms with E-state index in [1.54, 1.807) is 13.3 Å². The molecule has 0 aliphatic carbocycles. The van der Waals surface area contributed by atoms with Gasteiger partial charge in [-0.2, -0.15) is 4.98 Å². The number of hydrogen-bond donors (Lipinski definition) is 2. The minimum absolute atomic E-state index is 0.578. The average Bonchev–Trinajstić information content (AvgIpc) is 2.38. The highest BCUT2D eigenvalue weighted by Crippen LogP contribution is 2.21. The van der Waals surface area contributed by atoms with Gasteiger partial charge in [-0.05, 0) is 12.1 Å². The normalized spacial score (nSPS) is 12.3. The average molecular weight is 264 g/mol. The third-order valence-electron chi connectivity index (χ3n) is 2.51. The van der Waals surface area contributed by atoms with E-state index in [-0.39, 0.29) is 0 Å². The van der Waals surface area contributed by atoms with Crippen molar-refractivity contribution < 1.29 is 4.21 Å². The third kappa shape index (κ3) is 2.95. The first kappa shape index (κ1) is 12.8. The fourth-order valence-corrected chi connectivity index (χ4v) is 2.03. The summed E-state index contributed by atoms with van der Waals surface area (Å²) in [5, 5.41) is 7.12. The second-order valence-electron chi connectivity index (χ2n) is 3.87. The fraction of sp³-hybridized carbons (Fsp3) is 0.333. The number of benzene rings is 1. The predicted octanol–water partition coefficient (Wildman–Crippen LogP) is 1.46. The molecule has 0 aliphatic heterocycles. The molecule has 5 nitrogen and oxygen atoms in total. The molecule has 1 atom stereocenters. The summed E-state index contributed by atoms with van der Waals surface area (Å²) in [5.41, 5.74) is 0.886. The van der Waals surface area contributed by atoms with Gasteiger partial charge in [-0.3, -0.25) is 4.21 Å². The predicted molar refractivity (Wildman–Crippen MR) is 76.5 cm³/mol. The van der Waals surface area contributed by atoms with Gasteiger partial charge in [0.1, 0.15) is 5.82 Å². The van der Waals surface area contributed by atoms with Gasteiger partial charge in [-0.25, -0.2) is 4.98 Å². The van der Waals surface area contributed by atoms with Crippen molar-refractivity contribution in [2.75, 3.05) is 36.2 Å². The van der Waals surface area contributed by atoms with Gasteiger partial charge in [0.05, 0.1) is 5.52 Å². The Hall–Kier alpha value is -1.69. The summed E-state index contributed by atoms with van der Waals surface area (Å²) < 4.78 is 11.0. The Kier molecular flexibility index (Phi) is 4.09. The quantitative estimate of drug-likeness (QED) is 0.856. The minimum atomic E-state index is -0.802. The van der Waals surface area contributed by atoms with Crippen LogP contribution in [0.2, 0.25) is 0 Å². The molecule has 0 aliphatic rings. The summed E-state index contributed by atoms with van der Waals surface area (Å²) in [6, 6.07) is 7.81. The van der Waals surface area contributed by atoms with E-state index in [0.717, 1.165) is 16.7 Å². The molecular weight excluding hydrogens is 248 g/mol. The molecule has 2 aromatic rings. The number of rotatable bonds is 5. The maximum absolute atomic E-state index is 11.0. The molecule has 2 rings (SSSR count). The van der Waals surface area contributed by atoms with Gasteiger partial charge in [0, 0.05) is 41.8 Å². The molecule has 0 saturated heterocycles. The number of nitrogens with zero attached hydrogens (tertiary/aromatic N) is 2. The van der Waals surface area contributed by atoms with E-state index >= 15 is 0 Å². The first-order chi connectivity index (χ1) is 8.70. The number of fused-ring (bicyclic) bond motifs is 1. The lowest BCUT2D eigenvalue weighted by atomic mass is 10.2. The summed E-state index contributed by atoms with van der Waals surface area (Å²) in [7, 11) is 0.985. The Labute approximate surface area is 108 Å². The lowest BCUT2D eigenvalue weighted by molar-refractivity contribution is 0.687. The van der Waals surface area contributed by atoms with Crippen molar-refractivity contribution in [3.8, 4) is 0 Å². The van der Waals surface area contributed by atoms with Crippen LogP contribution in [0.15, 0.2) is 24.3 Å². The Balaban J connectivity index is 2.31. The van der Waals surface area contributed by atoms with Crippen LogP contribution in [0.1, 0.15) is 0 Å². The Morgan fingerprint density at radius 1 is 1.28 bits per heavy atom. The number of hydrogen-bond acceptors (Lipinski definition) is 5. The maximum atomic E-state index is 11.0. The monoisotopic (exact) mass is 264 g/mol. The highest BCUT2D eigenvalue weighted by atomic mass is 32.2. The van der Waals surface area contributed by atoms with Crippen molar-refractivity contribution >= 4 is 33.5 Å². The van der Waals surface area contributed by atoms with E-state index in [1.807, 2.05) is 24.3 Å². The summed E-state index contributed by atoms with van der Waals surface area (Å²) in [5.74, 6) is 1.96. The van der Waals surface area contributed by atoms with Crippen LogP contribution in [0.3, 0.4) is 0 Å². The van der Waals surface area contributed by atoms with Crippen LogP contribution >= 0.6 is 0 Å². The molecule has 1 aromatic heterocycles. The molecule has 96 valence electrons. The maximum Gasteiger partial charge on any atom is 0.224 e. The van der Waals surface area contributed by atoms with Gasteiger partial charge >= 0.3 is 0 Å². The number of nitrogens with one attached hydrogen (secondary N) is 2. The first-order valence-corrected chi connectivity index (χ1v) is 7.42.